The van der Waals surface area contributed by atoms with Gasteiger partial charge < -0.3 is 19.5 Å². The molecule has 8 nitrogen and oxygen atoms in total. The highest BCUT2D eigenvalue weighted by atomic mass is 16.7. The number of rotatable bonds is 7. The SMILES string of the molecule is COC(=O)N(C1c2ccccc2-c2ccccc21)[C@@H](CC(C)C)C(=O)N[C@H]1CCO[C@H]1OC(C)=O. The summed E-state index contributed by atoms with van der Waals surface area (Å²) >= 11 is 0. The molecule has 2 aromatic carbocycles. The number of benzene rings is 2. The standard InChI is InChI=1S/C27H32N2O6/c1-16(2)15-23(25(31)28-22-13-14-34-26(22)35-17(3)30)29(27(32)33-4)24-20-11-7-5-9-18(20)19-10-6-8-12-21(19)24/h5-12,16,22-24,26H,13-15H2,1-4H3,(H,28,31)/t22-,23-,26-/m0/s1. The molecule has 3 atom stereocenters. The molecule has 0 unspecified atom stereocenters. The predicted octanol–water partition coefficient (Wildman–Crippen LogP) is 4.03. The molecule has 0 bridgehead atoms. The minimum atomic E-state index is -0.851. The minimum Gasteiger partial charge on any atom is -0.453 e. The summed E-state index contributed by atoms with van der Waals surface area (Å²) in [5.74, 6) is -0.697. The number of esters is 1. The van der Waals surface area contributed by atoms with Gasteiger partial charge in [-0.25, -0.2) is 4.79 Å². The molecule has 1 fully saturated rings. The zero-order chi connectivity index (χ0) is 25.1. The number of fused-ring (bicyclic) bond motifs is 3. The lowest BCUT2D eigenvalue weighted by Gasteiger charge is -2.37. The van der Waals surface area contributed by atoms with Crippen molar-refractivity contribution in [1.82, 2.24) is 10.2 Å². The van der Waals surface area contributed by atoms with E-state index in [-0.39, 0.29) is 11.8 Å². The fourth-order valence-corrected chi connectivity index (χ4v) is 5.00. The third kappa shape index (κ3) is 5.03. The first-order valence-electron chi connectivity index (χ1n) is 12.0. The van der Waals surface area contributed by atoms with Gasteiger partial charge in [0.05, 0.1) is 25.8 Å². The van der Waals surface area contributed by atoms with Crippen LogP contribution in [0.4, 0.5) is 4.79 Å². The maximum atomic E-state index is 13.8. The Hall–Kier alpha value is -3.39. The normalized spacial score (nSPS) is 19.6. The minimum absolute atomic E-state index is 0.119. The number of nitrogens with zero attached hydrogens (tertiary/aromatic N) is 1. The van der Waals surface area contributed by atoms with E-state index in [0.29, 0.717) is 19.4 Å². The largest absolute Gasteiger partial charge is 0.453 e. The number of nitrogens with one attached hydrogen (secondary N) is 1. The molecular formula is C27H32N2O6. The maximum absolute atomic E-state index is 13.8. The van der Waals surface area contributed by atoms with Crippen molar-refractivity contribution in [1.29, 1.82) is 0 Å². The van der Waals surface area contributed by atoms with Gasteiger partial charge in [-0.1, -0.05) is 62.4 Å². The Morgan fingerprint density at radius 2 is 1.66 bits per heavy atom. The second kappa shape index (κ2) is 10.5. The van der Waals surface area contributed by atoms with Crippen LogP contribution >= 0.6 is 0 Å². The van der Waals surface area contributed by atoms with E-state index >= 15 is 0 Å². The van der Waals surface area contributed by atoms with Gasteiger partial charge in [0, 0.05) is 6.92 Å². The number of ether oxygens (including phenoxy) is 3. The molecule has 2 amide bonds. The van der Waals surface area contributed by atoms with Crippen molar-refractivity contribution < 1.29 is 28.6 Å². The highest BCUT2D eigenvalue weighted by Crippen LogP contribution is 2.47. The molecule has 0 saturated carbocycles. The number of carbonyl (C=O) groups excluding carboxylic acids is 3. The summed E-state index contributed by atoms with van der Waals surface area (Å²) in [6, 6.07) is 14.0. The molecule has 186 valence electrons. The van der Waals surface area contributed by atoms with Crippen LogP contribution in [0.3, 0.4) is 0 Å². The average Bonchev–Trinajstić information content (AvgIpc) is 3.40. The van der Waals surface area contributed by atoms with Gasteiger partial charge in [-0.15, -0.1) is 0 Å². The zero-order valence-corrected chi connectivity index (χ0v) is 20.5. The molecule has 0 aromatic heterocycles. The number of amides is 2. The number of hydrogen-bond acceptors (Lipinski definition) is 6. The first kappa shape index (κ1) is 24.7. The number of hydrogen-bond donors (Lipinski definition) is 1. The molecule has 0 radical (unpaired) electrons. The molecule has 0 spiro atoms. The van der Waals surface area contributed by atoms with Crippen LogP contribution in [0.5, 0.6) is 0 Å². The average molecular weight is 481 g/mol. The van der Waals surface area contributed by atoms with Crippen molar-refractivity contribution in [3.63, 3.8) is 0 Å². The molecule has 35 heavy (non-hydrogen) atoms. The molecule has 1 aliphatic heterocycles. The quantitative estimate of drug-likeness (QED) is 0.602. The summed E-state index contributed by atoms with van der Waals surface area (Å²) in [5.41, 5.74) is 3.96. The van der Waals surface area contributed by atoms with Crippen LogP contribution in [-0.4, -0.2) is 55.0 Å². The molecule has 2 aliphatic rings. The van der Waals surface area contributed by atoms with E-state index in [4.69, 9.17) is 14.2 Å². The van der Waals surface area contributed by atoms with Gasteiger partial charge in [-0.3, -0.25) is 14.5 Å². The van der Waals surface area contributed by atoms with Crippen molar-refractivity contribution in [3.05, 3.63) is 59.7 Å². The zero-order valence-electron chi connectivity index (χ0n) is 20.5. The van der Waals surface area contributed by atoms with Gasteiger partial charge in [0.25, 0.3) is 0 Å². The fraction of sp³-hybridized carbons (Fsp3) is 0.444. The number of carbonyl (C=O) groups is 3. The van der Waals surface area contributed by atoms with Gasteiger partial charge in [0.15, 0.2) is 0 Å². The number of methoxy groups -OCH3 is 1. The van der Waals surface area contributed by atoms with Crippen molar-refractivity contribution in [3.8, 4) is 11.1 Å². The van der Waals surface area contributed by atoms with Gasteiger partial charge >= 0.3 is 12.1 Å². The summed E-state index contributed by atoms with van der Waals surface area (Å²) < 4.78 is 15.9. The van der Waals surface area contributed by atoms with Crippen molar-refractivity contribution in [2.24, 2.45) is 5.92 Å². The molecule has 1 saturated heterocycles. The summed E-state index contributed by atoms with van der Waals surface area (Å²) in [6.07, 6.45) is -0.504. The van der Waals surface area contributed by atoms with E-state index in [1.165, 1.54) is 14.0 Å². The second-order valence-corrected chi connectivity index (χ2v) is 9.35. The summed E-state index contributed by atoms with van der Waals surface area (Å²) in [7, 11) is 1.33. The van der Waals surface area contributed by atoms with E-state index < -0.39 is 36.5 Å². The lowest BCUT2D eigenvalue weighted by molar-refractivity contribution is -0.171. The lowest BCUT2D eigenvalue weighted by Crippen LogP contribution is -2.54. The summed E-state index contributed by atoms with van der Waals surface area (Å²) in [5, 5.41) is 2.98. The van der Waals surface area contributed by atoms with E-state index in [9.17, 15) is 14.4 Å². The van der Waals surface area contributed by atoms with Crippen LogP contribution in [0.2, 0.25) is 0 Å². The Morgan fingerprint density at radius 3 is 2.20 bits per heavy atom. The van der Waals surface area contributed by atoms with Crippen LogP contribution in [0.1, 0.15) is 50.8 Å². The molecule has 1 aliphatic carbocycles. The van der Waals surface area contributed by atoms with E-state index in [0.717, 1.165) is 22.3 Å². The molecule has 1 N–H and O–H groups in total. The lowest BCUT2D eigenvalue weighted by atomic mass is 9.96. The molecular weight excluding hydrogens is 448 g/mol. The molecule has 1 heterocycles. The summed E-state index contributed by atoms with van der Waals surface area (Å²) in [6.45, 7) is 5.68. The van der Waals surface area contributed by atoms with Gasteiger partial charge in [-0.2, -0.15) is 0 Å². The van der Waals surface area contributed by atoms with Crippen LogP contribution in [0, 0.1) is 5.92 Å². The van der Waals surface area contributed by atoms with Crippen LogP contribution in [0.15, 0.2) is 48.5 Å². The van der Waals surface area contributed by atoms with Crippen molar-refractivity contribution in [2.45, 2.75) is 58.0 Å². The Balaban J connectivity index is 1.72. The topological polar surface area (TPSA) is 94.2 Å². The van der Waals surface area contributed by atoms with Gasteiger partial charge in [-0.05, 0) is 41.0 Å². The third-order valence-electron chi connectivity index (χ3n) is 6.45. The Bertz CT molecular complexity index is 1060. The van der Waals surface area contributed by atoms with Crippen LogP contribution < -0.4 is 5.32 Å². The van der Waals surface area contributed by atoms with E-state index in [2.05, 4.69) is 5.32 Å². The maximum Gasteiger partial charge on any atom is 0.410 e. The van der Waals surface area contributed by atoms with E-state index in [1.807, 2.05) is 62.4 Å². The smallest absolute Gasteiger partial charge is 0.410 e. The molecule has 2 aromatic rings. The van der Waals surface area contributed by atoms with Gasteiger partial charge in [0.2, 0.25) is 12.2 Å². The summed E-state index contributed by atoms with van der Waals surface area (Å²) in [4.78, 5) is 40.1. The van der Waals surface area contributed by atoms with Crippen molar-refractivity contribution in [2.75, 3.05) is 13.7 Å². The molecule has 8 heteroatoms. The van der Waals surface area contributed by atoms with E-state index in [1.54, 1.807) is 4.90 Å². The fourth-order valence-electron chi connectivity index (χ4n) is 5.00. The van der Waals surface area contributed by atoms with Crippen molar-refractivity contribution >= 4 is 18.0 Å². The molecule has 4 rings (SSSR count). The highest BCUT2D eigenvalue weighted by Gasteiger charge is 2.43. The Labute approximate surface area is 205 Å². The monoisotopic (exact) mass is 480 g/mol. The Morgan fingerprint density at radius 1 is 1.06 bits per heavy atom. The third-order valence-corrected chi connectivity index (χ3v) is 6.45. The van der Waals surface area contributed by atoms with Crippen LogP contribution in [0.25, 0.3) is 11.1 Å². The predicted molar refractivity (Wildman–Crippen MR) is 129 cm³/mol. The van der Waals surface area contributed by atoms with Gasteiger partial charge in [0.1, 0.15) is 6.04 Å². The first-order chi connectivity index (χ1) is 16.8. The Kier molecular flexibility index (Phi) is 7.40. The first-order valence-corrected chi connectivity index (χ1v) is 12.0. The van der Waals surface area contributed by atoms with Crippen LogP contribution in [-0.2, 0) is 23.8 Å². The second-order valence-electron chi connectivity index (χ2n) is 9.35. The highest BCUT2D eigenvalue weighted by molar-refractivity contribution is 5.88.